The molecule has 0 atom stereocenters. The molecule has 0 radical (unpaired) electrons. The van der Waals surface area contributed by atoms with Gasteiger partial charge in [-0.3, -0.25) is 9.48 Å². The summed E-state index contributed by atoms with van der Waals surface area (Å²) in [6.45, 7) is 4.56. The maximum Gasteiger partial charge on any atom is 0.264 e. The standard InChI is InChI=1S/C23H21BrN4O2S/c1-14-21(24)15(2)28(27-14)13-17-11-16(9-10-19(17)30-3)12-20-22(29)26-23(31-20)25-18-7-5-4-6-8-18/h4-12H,13H2,1-3H3,(H,25,26,29). The Morgan fingerprint density at radius 1 is 1.23 bits per heavy atom. The number of aromatic nitrogens is 2. The molecule has 31 heavy (non-hydrogen) atoms. The zero-order chi connectivity index (χ0) is 22.0. The fraction of sp³-hybridized carbons (Fsp3) is 0.174. The highest BCUT2D eigenvalue weighted by atomic mass is 79.9. The van der Waals surface area contributed by atoms with Crippen LogP contribution in [0.3, 0.4) is 0 Å². The second kappa shape index (κ2) is 9.11. The second-order valence-electron chi connectivity index (χ2n) is 7.03. The molecule has 2 aromatic carbocycles. The van der Waals surface area contributed by atoms with Gasteiger partial charge in [0.2, 0.25) is 0 Å². The Morgan fingerprint density at radius 2 is 2.00 bits per heavy atom. The van der Waals surface area contributed by atoms with Crippen LogP contribution in [-0.2, 0) is 11.3 Å². The van der Waals surface area contributed by atoms with Gasteiger partial charge < -0.3 is 10.1 Å². The Labute approximate surface area is 193 Å². The minimum atomic E-state index is -0.153. The number of methoxy groups -OCH3 is 1. The van der Waals surface area contributed by atoms with Gasteiger partial charge >= 0.3 is 0 Å². The topological polar surface area (TPSA) is 68.5 Å². The monoisotopic (exact) mass is 496 g/mol. The first kappa shape index (κ1) is 21.4. The first-order valence-corrected chi connectivity index (χ1v) is 11.3. The van der Waals surface area contributed by atoms with Gasteiger partial charge in [0.25, 0.3) is 5.91 Å². The third-order valence-corrected chi connectivity index (χ3v) is 6.91. The lowest BCUT2D eigenvalue weighted by molar-refractivity contribution is -0.115. The van der Waals surface area contributed by atoms with Crippen molar-refractivity contribution >= 4 is 50.5 Å². The van der Waals surface area contributed by atoms with Crippen LogP contribution in [0.4, 0.5) is 5.69 Å². The number of benzene rings is 2. The van der Waals surface area contributed by atoms with Crippen LogP contribution in [0.5, 0.6) is 5.75 Å². The van der Waals surface area contributed by atoms with E-state index < -0.39 is 0 Å². The number of thioether (sulfide) groups is 1. The van der Waals surface area contributed by atoms with Crippen molar-refractivity contribution in [1.82, 2.24) is 15.1 Å². The summed E-state index contributed by atoms with van der Waals surface area (Å²) in [7, 11) is 1.65. The Kier molecular flexibility index (Phi) is 6.29. The molecule has 1 fully saturated rings. The molecule has 1 N–H and O–H groups in total. The van der Waals surface area contributed by atoms with Gasteiger partial charge in [0.05, 0.1) is 40.1 Å². The average molecular weight is 497 g/mol. The molecule has 0 saturated carbocycles. The molecule has 6 nitrogen and oxygen atoms in total. The van der Waals surface area contributed by atoms with Crippen molar-refractivity contribution in [2.45, 2.75) is 20.4 Å². The van der Waals surface area contributed by atoms with E-state index in [0.717, 1.165) is 38.4 Å². The van der Waals surface area contributed by atoms with E-state index in [1.54, 1.807) is 7.11 Å². The van der Waals surface area contributed by atoms with Gasteiger partial charge in [0.15, 0.2) is 5.17 Å². The molecule has 8 heteroatoms. The SMILES string of the molecule is COc1ccc(C=C2SC(=Nc3ccccc3)NC2=O)cc1Cn1nc(C)c(Br)c1C. The fourth-order valence-electron chi connectivity index (χ4n) is 3.25. The normalized spacial score (nSPS) is 16.2. The van der Waals surface area contributed by atoms with Crippen molar-refractivity contribution in [3.63, 3.8) is 0 Å². The first-order valence-electron chi connectivity index (χ1n) is 9.65. The van der Waals surface area contributed by atoms with Gasteiger partial charge in [-0.1, -0.05) is 24.3 Å². The summed E-state index contributed by atoms with van der Waals surface area (Å²) in [4.78, 5) is 17.5. The lowest BCUT2D eigenvalue weighted by Gasteiger charge is -2.11. The number of aryl methyl sites for hydroxylation is 1. The van der Waals surface area contributed by atoms with E-state index in [2.05, 4.69) is 31.3 Å². The first-order chi connectivity index (χ1) is 14.9. The molecule has 1 aliphatic heterocycles. The molecule has 0 bridgehead atoms. The molecule has 0 spiro atoms. The maximum absolute atomic E-state index is 12.4. The summed E-state index contributed by atoms with van der Waals surface area (Å²) in [6, 6.07) is 15.4. The summed E-state index contributed by atoms with van der Waals surface area (Å²) in [5.41, 5.74) is 4.69. The number of halogens is 1. The zero-order valence-corrected chi connectivity index (χ0v) is 19.8. The van der Waals surface area contributed by atoms with Crippen LogP contribution in [0.25, 0.3) is 6.08 Å². The van der Waals surface area contributed by atoms with Gasteiger partial charge in [-0.25, -0.2) is 4.99 Å². The minimum Gasteiger partial charge on any atom is -0.496 e. The Bertz CT molecular complexity index is 1200. The van der Waals surface area contributed by atoms with Gasteiger partial charge in [0, 0.05) is 5.56 Å². The molecule has 4 rings (SSSR count). The number of rotatable bonds is 5. The molecule has 3 aromatic rings. The number of ether oxygens (including phenoxy) is 1. The van der Waals surface area contributed by atoms with E-state index in [1.165, 1.54) is 11.8 Å². The van der Waals surface area contributed by atoms with E-state index in [-0.39, 0.29) is 5.91 Å². The van der Waals surface area contributed by atoms with Gasteiger partial charge in [0.1, 0.15) is 5.75 Å². The smallest absolute Gasteiger partial charge is 0.264 e. The number of hydrogen-bond acceptors (Lipinski definition) is 5. The van der Waals surface area contributed by atoms with Crippen molar-refractivity contribution in [3.8, 4) is 5.75 Å². The third kappa shape index (κ3) is 4.75. The van der Waals surface area contributed by atoms with E-state index in [0.29, 0.717) is 16.6 Å². The number of hydrogen-bond donors (Lipinski definition) is 1. The van der Waals surface area contributed by atoms with Crippen molar-refractivity contribution in [3.05, 3.63) is 80.4 Å². The summed E-state index contributed by atoms with van der Waals surface area (Å²) in [5, 5.41) is 7.99. The van der Waals surface area contributed by atoms with Gasteiger partial charge in [-0.05, 0) is 77.4 Å². The summed E-state index contributed by atoms with van der Waals surface area (Å²) < 4.78 is 8.50. The predicted molar refractivity (Wildman–Crippen MR) is 129 cm³/mol. The molecule has 158 valence electrons. The van der Waals surface area contributed by atoms with Crippen LogP contribution in [0.1, 0.15) is 22.5 Å². The number of para-hydroxylation sites is 1. The zero-order valence-electron chi connectivity index (χ0n) is 17.3. The molecule has 1 saturated heterocycles. The highest BCUT2D eigenvalue weighted by molar-refractivity contribution is 9.10. The third-order valence-electron chi connectivity index (χ3n) is 4.85. The van der Waals surface area contributed by atoms with E-state index >= 15 is 0 Å². The lowest BCUT2D eigenvalue weighted by atomic mass is 10.1. The Morgan fingerprint density at radius 3 is 2.68 bits per heavy atom. The molecule has 1 aromatic heterocycles. The number of carbonyl (C=O) groups excluding carboxylic acids is 1. The Balaban J connectivity index is 1.60. The number of nitrogens with zero attached hydrogens (tertiary/aromatic N) is 3. The van der Waals surface area contributed by atoms with Crippen LogP contribution in [0.2, 0.25) is 0 Å². The summed E-state index contributed by atoms with van der Waals surface area (Å²) in [5.74, 6) is 0.625. The van der Waals surface area contributed by atoms with Crippen LogP contribution >= 0.6 is 27.7 Å². The van der Waals surface area contributed by atoms with Gasteiger partial charge in [-0.15, -0.1) is 0 Å². The molecule has 2 heterocycles. The summed E-state index contributed by atoms with van der Waals surface area (Å²) >= 11 is 4.91. The Hall–Kier alpha value is -2.84. The minimum absolute atomic E-state index is 0.153. The highest BCUT2D eigenvalue weighted by Gasteiger charge is 2.24. The van der Waals surface area contributed by atoms with Crippen molar-refractivity contribution in [1.29, 1.82) is 0 Å². The van der Waals surface area contributed by atoms with Crippen molar-refractivity contribution < 1.29 is 9.53 Å². The van der Waals surface area contributed by atoms with E-state index in [1.807, 2.05) is 73.1 Å². The molecule has 1 amide bonds. The number of carbonyl (C=O) groups is 1. The lowest BCUT2D eigenvalue weighted by Crippen LogP contribution is -2.19. The van der Waals surface area contributed by atoms with Crippen LogP contribution < -0.4 is 10.1 Å². The second-order valence-corrected chi connectivity index (χ2v) is 8.85. The predicted octanol–water partition coefficient (Wildman–Crippen LogP) is 5.21. The fourth-order valence-corrected chi connectivity index (χ4v) is 4.38. The van der Waals surface area contributed by atoms with E-state index in [4.69, 9.17) is 4.74 Å². The van der Waals surface area contributed by atoms with Crippen molar-refractivity contribution in [2.24, 2.45) is 4.99 Å². The average Bonchev–Trinajstić information content (AvgIpc) is 3.22. The molecular weight excluding hydrogens is 476 g/mol. The van der Waals surface area contributed by atoms with Gasteiger partial charge in [-0.2, -0.15) is 5.10 Å². The molecule has 0 aliphatic carbocycles. The number of aliphatic imine (C=N–C) groups is 1. The van der Waals surface area contributed by atoms with Crippen LogP contribution in [0, 0.1) is 13.8 Å². The van der Waals surface area contributed by atoms with Crippen LogP contribution in [0.15, 0.2) is 62.9 Å². The van der Waals surface area contributed by atoms with Crippen LogP contribution in [-0.4, -0.2) is 28.0 Å². The number of amidine groups is 1. The molecular formula is C23H21BrN4O2S. The number of amides is 1. The van der Waals surface area contributed by atoms with Crippen molar-refractivity contribution in [2.75, 3.05) is 7.11 Å². The summed E-state index contributed by atoms with van der Waals surface area (Å²) in [6.07, 6.45) is 1.87. The largest absolute Gasteiger partial charge is 0.496 e. The maximum atomic E-state index is 12.4. The quantitative estimate of drug-likeness (QED) is 0.492. The molecule has 0 unspecified atom stereocenters. The van der Waals surface area contributed by atoms with E-state index in [9.17, 15) is 4.79 Å². The highest BCUT2D eigenvalue weighted by Crippen LogP contribution is 2.30. The molecule has 1 aliphatic rings. The number of nitrogens with one attached hydrogen (secondary N) is 1.